The first kappa shape index (κ1) is 20.3. The molecule has 0 atom stereocenters. The van der Waals surface area contributed by atoms with Gasteiger partial charge < -0.3 is 5.32 Å². The molecular formula is C22H29N7O. The monoisotopic (exact) mass is 407 g/mol. The molecule has 0 aliphatic heterocycles. The van der Waals surface area contributed by atoms with E-state index in [1.807, 2.05) is 28.6 Å². The van der Waals surface area contributed by atoms with Crippen molar-refractivity contribution >= 4 is 5.91 Å². The molecule has 1 aliphatic rings. The van der Waals surface area contributed by atoms with Crippen molar-refractivity contribution in [1.29, 1.82) is 0 Å². The molecule has 3 aromatic heterocycles. The summed E-state index contributed by atoms with van der Waals surface area (Å²) in [5, 5.41) is 12.3. The maximum Gasteiger partial charge on any atom is 0.222 e. The Bertz CT molecular complexity index is 1000. The van der Waals surface area contributed by atoms with Gasteiger partial charge in [0.15, 0.2) is 0 Å². The Hall–Kier alpha value is -3.03. The van der Waals surface area contributed by atoms with Crippen molar-refractivity contribution in [2.24, 2.45) is 0 Å². The minimum atomic E-state index is 0.105. The molecule has 0 spiro atoms. The Balaban J connectivity index is 1.25. The normalized spacial score (nSPS) is 19.0. The van der Waals surface area contributed by atoms with Crippen LogP contribution in [0.5, 0.6) is 0 Å². The van der Waals surface area contributed by atoms with Gasteiger partial charge in [-0.05, 0) is 58.1 Å². The zero-order valence-electron chi connectivity index (χ0n) is 17.9. The number of aromatic nitrogens is 6. The Morgan fingerprint density at radius 1 is 1.20 bits per heavy atom. The molecule has 8 heteroatoms. The van der Waals surface area contributed by atoms with Gasteiger partial charge in [-0.3, -0.25) is 14.2 Å². The summed E-state index contributed by atoms with van der Waals surface area (Å²) in [7, 11) is 0. The first-order valence-electron chi connectivity index (χ1n) is 10.6. The Morgan fingerprint density at radius 2 is 2.00 bits per heavy atom. The fraction of sp³-hybridized carbons (Fsp3) is 0.500. The third-order valence-electron chi connectivity index (χ3n) is 6.21. The van der Waals surface area contributed by atoms with Gasteiger partial charge in [0.1, 0.15) is 6.33 Å². The quantitative estimate of drug-likeness (QED) is 0.678. The largest absolute Gasteiger partial charge is 0.353 e. The first-order chi connectivity index (χ1) is 14.5. The lowest BCUT2D eigenvalue weighted by molar-refractivity contribution is -0.122. The molecule has 0 saturated heterocycles. The molecule has 1 amide bonds. The van der Waals surface area contributed by atoms with Crippen molar-refractivity contribution < 1.29 is 4.79 Å². The van der Waals surface area contributed by atoms with Crippen LogP contribution in [0.2, 0.25) is 0 Å². The van der Waals surface area contributed by atoms with E-state index in [1.165, 1.54) is 5.56 Å². The van der Waals surface area contributed by atoms with Gasteiger partial charge in [-0.15, -0.1) is 0 Å². The molecule has 4 rings (SSSR count). The summed E-state index contributed by atoms with van der Waals surface area (Å²) in [6.45, 7) is 6.76. The Morgan fingerprint density at radius 3 is 2.67 bits per heavy atom. The number of rotatable bonds is 6. The highest BCUT2D eigenvalue weighted by Crippen LogP contribution is 2.29. The van der Waals surface area contributed by atoms with Gasteiger partial charge in [0, 0.05) is 42.7 Å². The van der Waals surface area contributed by atoms with E-state index in [4.69, 9.17) is 0 Å². The molecule has 3 aromatic rings. The minimum absolute atomic E-state index is 0.105. The molecule has 158 valence electrons. The Kier molecular flexibility index (Phi) is 5.92. The van der Waals surface area contributed by atoms with Crippen molar-refractivity contribution in [3.8, 4) is 11.3 Å². The molecule has 1 fully saturated rings. The number of amides is 1. The van der Waals surface area contributed by atoms with E-state index in [1.54, 1.807) is 12.5 Å². The maximum atomic E-state index is 12.4. The van der Waals surface area contributed by atoms with Gasteiger partial charge in [-0.1, -0.05) is 0 Å². The molecule has 3 heterocycles. The van der Waals surface area contributed by atoms with E-state index in [2.05, 4.69) is 45.5 Å². The van der Waals surface area contributed by atoms with Crippen LogP contribution in [0.25, 0.3) is 11.3 Å². The molecule has 0 bridgehead atoms. The third kappa shape index (κ3) is 4.42. The molecule has 1 aliphatic carbocycles. The standard InChI is InChI=1S/C22H29N7O/c1-15-16(2)27-28(17(15)3)11-9-22(30)26-19-4-6-20(7-5-19)29-13-18(12-25-29)21-8-10-23-14-24-21/h8,10,12-14,19-20H,4-7,9,11H2,1-3H3,(H,26,30). The van der Waals surface area contributed by atoms with Crippen molar-refractivity contribution in [2.45, 2.75) is 71.5 Å². The number of hydrogen-bond donors (Lipinski definition) is 1. The van der Waals surface area contributed by atoms with Crippen molar-refractivity contribution in [1.82, 2.24) is 34.8 Å². The van der Waals surface area contributed by atoms with Crippen LogP contribution in [0.3, 0.4) is 0 Å². The lowest BCUT2D eigenvalue weighted by Gasteiger charge is -2.29. The third-order valence-corrected chi connectivity index (χ3v) is 6.21. The summed E-state index contributed by atoms with van der Waals surface area (Å²) in [6, 6.07) is 2.50. The number of carbonyl (C=O) groups is 1. The highest BCUT2D eigenvalue weighted by molar-refractivity contribution is 5.76. The summed E-state index contributed by atoms with van der Waals surface area (Å²) in [5.41, 5.74) is 5.27. The molecule has 0 aromatic carbocycles. The van der Waals surface area contributed by atoms with E-state index in [0.717, 1.165) is 48.3 Å². The fourth-order valence-electron chi connectivity index (χ4n) is 4.13. The molecular weight excluding hydrogens is 378 g/mol. The fourth-order valence-corrected chi connectivity index (χ4v) is 4.13. The SMILES string of the molecule is Cc1nn(CCC(=O)NC2CCC(n3cc(-c4ccncn4)cn3)CC2)c(C)c1C. The number of carbonyl (C=O) groups excluding carboxylic acids is 1. The molecule has 30 heavy (non-hydrogen) atoms. The van der Waals surface area contributed by atoms with E-state index in [0.29, 0.717) is 19.0 Å². The number of nitrogens with one attached hydrogen (secondary N) is 1. The zero-order chi connectivity index (χ0) is 21.1. The van der Waals surface area contributed by atoms with Crippen molar-refractivity contribution in [2.75, 3.05) is 0 Å². The van der Waals surface area contributed by atoms with Crippen LogP contribution in [0.4, 0.5) is 0 Å². The average Bonchev–Trinajstić information content (AvgIpc) is 3.35. The van der Waals surface area contributed by atoms with Crippen LogP contribution in [0.1, 0.15) is 55.1 Å². The molecule has 0 radical (unpaired) electrons. The van der Waals surface area contributed by atoms with Gasteiger partial charge in [-0.25, -0.2) is 9.97 Å². The van der Waals surface area contributed by atoms with Gasteiger partial charge in [0.2, 0.25) is 5.91 Å². The van der Waals surface area contributed by atoms with Gasteiger partial charge in [-0.2, -0.15) is 10.2 Å². The number of aryl methyl sites for hydroxylation is 2. The zero-order valence-corrected chi connectivity index (χ0v) is 17.9. The molecule has 1 N–H and O–H groups in total. The van der Waals surface area contributed by atoms with E-state index in [9.17, 15) is 4.79 Å². The predicted octanol–water partition coefficient (Wildman–Crippen LogP) is 3.15. The van der Waals surface area contributed by atoms with Crippen LogP contribution >= 0.6 is 0 Å². The molecule has 0 unspecified atom stereocenters. The summed E-state index contributed by atoms with van der Waals surface area (Å²) in [4.78, 5) is 20.7. The minimum Gasteiger partial charge on any atom is -0.353 e. The van der Waals surface area contributed by atoms with Crippen LogP contribution in [-0.4, -0.2) is 41.5 Å². The van der Waals surface area contributed by atoms with Gasteiger partial charge in [0.05, 0.1) is 23.6 Å². The lowest BCUT2D eigenvalue weighted by Crippen LogP contribution is -2.38. The summed E-state index contributed by atoms with van der Waals surface area (Å²) in [5.74, 6) is 0.105. The van der Waals surface area contributed by atoms with Gasteiger partial charge >= 0.3 is 0 Å². The van der Waals surface area contributed by atoms with E-state index in [-0.39, 0.29) is 11.9 Å². The number of hydrogen-bond acceptors (Lipinski definition) is 5. The van der Waals surface area contributed by atoms with Crippen LogP contribution < -0.4 is 5.32 Å². The highest BCUT2D eigenvalue weighted by Gasteiger charge is 2.24. The average molecular weight is 408 g/mol. The molecule has 8 nitrogen and oxygen atoms in total. The smallest absolute Gasteiger partial charge is 0.222 e. The topological polar surface area (TPSA) is 90.5 Å². The van der Waals surface area contributed by atoms with Crippen molar-refractivity contribution in [3.63, 3.8) is 0 Å². The molecule has 1 saturated carbocycles. The van der Waals surface area contributed by atoms with Crippen LogP contribution in [-0.2, 0) is 11.3 Å². The second-order valence-electron chi connectivity index (χ2n) is 8.15. The second kappa shape index (κ2) is 8.77. The predicted molar refractivity (Wildman–Crippen MR) is 114 cm³/mol. The van der Waals surface area contributed by atoms with Crippen LogP contribution in [0, 0.1) is 20.8 Å². The summed E-state index contributed by atoms with van der Waals surface area (Å²) >= 11 is 0. The Labute approximate surface area is 176 Å². The van der Waals surface area contributed by atoms with Gasteiger partial charge in [0.25, 0.3) is 0 Å². The summed E-state index contributed by atoms with van der Waals surface area (Å²) < 4.78 is 3.98. The highest BCUT2D eigenvalue weighted by atomic mass is 16.1. The summed E-state index contributed by atoms with van der Waals surface area (Å²) in [6.07, 6.45) is 11.6. The lowest BCUT2D eigenvalue weighted by atomic mass is 9.91. The number of nitrogens with zero attached hydrogens (tertiary/aromatic N) is 6. The van der Waals surface area contributed by atoms with Crippen LogP contribution in [0.15, 0.2) is 31.0 Å². The maximum absolute atomic E-state index is 12.4. The first-order valence-corrected chi connectivity index (χ1v) is 10.6. The van der Waals surface area contributed by atoms with E-state index >= 15 is 0 Å². The van der Waals surface area contributed by atoms with Crippen molar-refractivity contribution in [3.05, 3.63) is 47.9 Å². The second-order valence-corrected chi connectivity index (χ2v) is 8.15. The van der Waals surface area contributed by atoms with E-state index < -0.39 is 0 Å².